The van der Waals surface area contributed by atoms with E-state index in [0.717, 1.165) is 38.2 Å². The molecule has 0 atom stereocenters. The van der Waals surface area contributed by atoms with Crippen LogP contribution < -0.4 is 15.4 Å². The average molecular weight is 290 g/mol. The first kappa shape index (κ1) is 15.4. The Kier molecular flexibility index (Phi) is 6.09. The first-order chi connectivity index (χ1) is 10.3. The van der Waals surface area contributed by atoms with Gasteiger partial charge in [-0.15, -0.1) is 0 Å². The van der Waals surface area contributed by atoms with Crippen molar-refractivity contribution in [1.82, 2.24) is 10.6 Å². The second-order valence-electron chi connectivity index (χ2n) is 4.91. The fraction of sp³-hybridized carbons (Fsp3) is 0.438. The fourth-order valence-corrected chi connectivity index (χ4v) is 2.11. The molecule has 1 heterocycles. The first-order valence-corrected chi connectivity index (χ1v) is 7.21. The smallest absolute Gasteiger partial charge is 0.318 e. The largest absolute Gasteiger partial charge is 0.497 e. The van der Waals surface area contributed by atoms with E-state index in [1.165, 1.54) is 11.1 Å². The summed E-state index contributed by atoms with van der Waals surface area (Å²) in [5.74, 6) is 0.840. The van der Waals surface area contributed by atoms with Gasteiger partial charge < -0.3 is 20.1 Å². The predicted octanol–water partition coefficient (Wildman–Crippen LogP) is 2.23. The van der Waals surface area contributed by atoms with Crippen LogP contribution in [0.2, 0.25) is 0 Å². The second-order valence-corrected chi connectivity index (χ2v) is 4.91. The summed E-state index contributed by atoms with van der Waals surface area (Å²) < 4.78 is 10.4. The van der Waals surface area contributed by atoms with Crippen molar-refractivity contribution in [3.63, 3.8) is 0 Å². The quantitative estimate of drug-likeness (QED) is 0.874. The lowest BCUT2D eigenvalue weighted by Gasteiger charge is -2.14. The molecule has 0 saturated carbocycles. The van der Waals surface area contributed by atoms with Gasteiger partial charge in [-0.1, -0.05) is 12.1 Å². The van der Waals surface area contributed by atoms with E-state index >= 15 is 0 Å². The van der Waals surface area contributed by atoms with Gasteiger partial charge in [0.15, 0.2) is 0 Å². The molecular weight excluding hydrogens is 268 g/mol. The van der Waals surface area contributed by atoms with Gasteiger partial charge in [0.05, 0.1) is 20.3 Å². The minimum Gasteiger partial charge on any atom is -0.497 e. The molecule has 0 unspecified atom stereocenters. The standard InChI is InChI=1S/C16H22N2O3/c1-20-15-4-2-13(3-5-15)6-9-17-16(19)18-12-14-7-10-21-11-8-14/h2-5,12H,6-11H2,1H3,(H2,17,18,19). The van der Waals surface area contributed by atoms with Crippen LogP contribution in [0, 0.1) is 0 Å². The van der Waals surface area contributed by atoms with Crippen molar-refractivity contribution in [2.75, 3.05) is 26.9 Å². The summed E-state index contributed by atoms with van der Waals surface area (Å²) in [6.07, 6.45) is 4.38. The van der Waals surface area contributed by atoms with Gasteiger partial charge in [0.1, 0.15) is 5.75 Å². The molecule has 0 aliphatic carbocycles. The van der Waals surface area contributed by atoms with Crippen LogP contribution in [-0.2, 0) is 11.2 Å². The Bertz CT molecular complexity index is 475. The van der Waals surface area contributed by atoms with E-state index < -0.39 is 0 Å². The molecule has 1 fully saturated rings. The van der Waals surface area contributed by atoms with Crippen molar-refractivity contribution in [2.24, 2.45) is 0 Å². The summed E-state index contributed by atoms with van der Waals surface area (Å²) in [4.78, 5) is 11.7. The van der Waals surface area contributed by atoms with Gasteiger partial charge >= 0.3 is 6.03 Å². The number of urea groups is 1. The normalized spacial score (nSPS) is 14.4. The maximum Gasteiger partial charge on any atom is 0.318 e. The van der Waals surface area contributed by atoms with Gasteiger partial charge in [0, 0.05) is 12.7 Å². The van der Waals surface area contributed by atoms with E-state index in [9.17, 15) is 4.79 Å². The predicted molar refractivity (Wildman–Crippen MR) is 81.4 cm³/mol. The molecule has 1 saturated heterocycles. The van der Waals surface area contributed by atoms with Crippen LogP contribution in [0.3, 0.4) is 0 Å². The number of rotatable bonds is 5. The Balaban J connectivity index is 1.66. The van der Waals surface area contributed by atoms with E-state index in [1.807, 2.05) is 24.3 Å². The molecule has 1 aliphatic rings. The van der Waals surface area contributed by atoms with Crippen molar-refractivity contribution < 1.29 is 14.3 Å². The minimum atomic E-state index is -0.164. The molecule has 1 aromatic carbocycles. The Labute approximate surface area is 125 Å². The molecule has 0 radical (unpaired) electrons. The Morgan fingerprint density at radius 1 is 1.29 bits per heavy atom. The molecular formula is C16H22N2O3. The van der Waals surface area contributed by atoms with E-state index in [2.05, 4.69) is 10.6 Å². The molecule has 0 spiro atoms. The van der Waals surface area contributed by atoms with Crippen LogP contribution in [0.1, 0.15) is 18.4 Å². The zero-order valence-corrected chi connectivity index (χ0v) is 12.4. The maximum atomic E-state index is 11.7. The van der Waals surface area contributed by atoms with Gasteiger partial charge in [-0.3, -0.25) is 0 Å². The number of nitrogens with one attached hydrogen (secondary N) is 2. The zero-order chi connectivity index (χ0) is 14.9. The van der Waals surface area contributed by atoms with Gasteiger partial charge in [0.2, 0.25) is 0 Å². The van der Waals surface area contributed by atoms with Crippen LogP contribution in [-0.4, -0.2) is 32.9 Å². The second kappa shape index (κ2) is 8.32. The van der Waals surface area contributed by atoms with Gasteiger partial charge in [-0.25, -0.2) is 4.79 Å². The van der Waals surface area contributed by atoms with Crippen molar-refractivity contribution in [3.05, 3.63) is 41.6 Å². The molecule has 1 aromatic rings. The highest BCUT2D eigenvalue weighted by Gasteiger charge is 2.05. The zero-order valence-electron chi connectivity index (χ0n) is 12.4. The van der Waals surface area contributed by atoms with Gasteiger partial charge in [-0.05, 0) is 42.5 Å². The number of amides is 2. The molecule has 2 N–H and O–H groups in total. The monoisotopic (exact) mass is 290 g/mol. The number of methoxy groups -OCH3 is 1. The molecule has 2 amide bonds. The van der Waals surface area contributed by atoms with Crippen molar-refractivity contribution >= 4 is 6.03 Å². The highest BCUT2D eigenvalue weighted by Crippen LogP contribution is 2.12. The molecule has 2 rings (SSSR count). The molecule has 5 heteroatoms. The first-order valence-electron chi connectivity index (χ1n) is 7.21. The molecule has 114 valence electrons. The summed E-state index contributed by atoms with van der Waals surface area (Å²) in [6, 6.07) is 7.68. The third kappa shape index (κ3) is 5.47. The SMILES string of the molecule is COc1ccc(CCNC(=O)NC=C2CCOCC2)cc1. The van der Waals surface area contributed by atoms with Crippen LogP contribution in [0.4, 0.5) is 4.79 Å². The highest BCUT2D eigenvalue weighted by molar-refractivity contribution is 5.74. The summed E-state index contributed by atoms with van der Waals surface area (Å²) in [5, 5.41) is 5.61. The van der Waals surface area contributed by atoms with Crippen LogP contribution in [0.15, 0.2) is 36.0 Å². The van der Waals surface area contributed by atoms with Crippen LogP contribution >= 0.6 is 0 Å². The molecule has 5 nitrogen and oxygen atoms in total. The van der Waals surface area contributed by atoms with Gasteiger partial charge in [-0.2, -0.15) is 0 Å². The lowest BCUT2D eigenvalue weighted by atomic mass is 10.1. The molecule has 1 aliphatic heterocycles. The highest BCUT2D eigenvalue weighted by atomic mass is 16.5. The van der Waals surface area contributed by atoms with Crippen molar-refractivity contribution in [2.45, 2.75) is 19.3 Å². The number of hydrogen-bond donors (Lipinski definition) is 2. The number of hydrogen-bond acceptors (Lipinski definition) is 3. The lowest BCUT2D eigenvalue weighted by Crippen LogP contribution is -2.34. The molecule has 0 aromatic heterocycles. The number of benzene rings is 1. The topological polar surface area (TPSA) is 59.6 Å². The third-order valence-corrected chi connectivity index (χ3v) is 3.40. The van der Waals surface area contributed by atoms with E-state index in [4.69, 9.17) is 9.47 Å². The fourth-order valence-electron chi connectivity index (χ4n) is 2.11. The number of carbonyl (C=O) groups excluding carboxylic acids is 1. The summed E-state index contributed by atoms with van der Waals surface area (Å²) >= 11 is 0. The average Bonchev–Trinajstić information content (AvgIpc) is 2.54. The third-order valence-electron chi connectivity index (χ3n) is 3.40. The van der Waals surface area contributed by atoms with E-state index in [1.54, 1.807) is 13.3 Å². The van der Waals surface area contributed by atoms with Crippen molar-refractivity contribution in [1.29, 1.82) is 0 Å². The van der Waals surface area contributed by atoms with Gasteiger partial charge in [0.25, 0.3) is 0 Å². The van der Waals surface area contributed by atoms with Crippen molar-refractivity contribution in [3.8, 4) is 5.75 Å². The number of ether oxygens (including phenoxy) is 2. The summed E-state index contributed by atoms with van der Waals surface area (Å²) in [6.45, 7) is 2.09. The maximum absolute atomic E-state index is 11.7. The molecule has 0 bridgehead atoms. The lowest BCUT2D eigenvalue weighted by molar-refractivity contribution is 0.119. The Hall–Kier alpha value is -2.01. The van der Waals surface area contributed by atoms with Crippen LogP contribution in [0.25, 0.3) is 0 Å². The Morgan fingerprint density at radius 2 is 2.00 bits per heavy atom. The summed E-state index contributed by atoms with van der Waals surface area (Å²) in [7, 11) is 1.65. The Morgan fingerprint density at radius 3 is 2.67 bits per heavy atom. The van der Waals surface area contributed by atoms with Crippen LogP contribution in [0.5, 0.6) is 5.75 Å². The minimum absolute atomic E-state index is 0.164. The van der Waals surface area contributed by atoms with E-state index in [-0.39, 0.29) is 6.03 Å². The molecule has 21 heavy (non-hydrogen) atoms. The number of carbonyl (C=O) groups is 1. The van der Waals surface area contributed by atoms with E-state index in [0.29, 0.717) is 6.54 Å². The summed E-state index contributed by atoms with van der Waals surface area (Å²) in [5.41, 5.74) is 2.39.